The van der Waals surface area contributed by atoms with Crippen molar-refractivity contribution in [3.05, 3.63) is 65.2 Å². The van der Waals surface area contributed by atoms with Gasteiger partial charge in [-0.05, 0) is 54.7 Å². The van der Waals surface area contributed by atoms with Gasteiger partial charge in [-0.1, -0.05) is 24.3 Å². The highest BCUT2D eigenvalue weighted by molar-refractivity contribution is 5.94. The highest BCUT2D eigenvalue weighted by Gasteiger charge is 2.32. The summed E-state index contributed by atoms with van der Waals surface area (Å²) in [7, 11) is 0. The van der Waals surface area contributed by atoms with Gasteiger partial charge in [-0.2, -0.15) is 13.2 Å². The molecule has 2 aromatic carbocycles. The molecule has 1 unspecified atom stereocenters. The molecule has 1 atom stereocenters. The number of fused-ring (bicyclic) bond motifs is 1. The number of nitrogens with zero attached hydrogens (tertiary/aromatic N) is 2. The van der Waals surface area contributed by atoms with Gasteiger partial charge >= 0.3 is 6.18 Å². The van der Waals surface area contributed by atoms with Crippen molar-refractivity contribution in [2.75, 3.05) is 39.3 Å². The van der Waals surface area contributed by atoms with Gasteiger partial charge < -0.3 is 15.2 Å². The van der Waals surface area contributed by atoms with Crippen LogP contribution in [0.25, 0.3) is 0 Å². The Morgan fingerprint density at radius 1 is 1.03 bits per heavy atom. The molecule has 4 rings (SSSR count). The summed E-state index contributed by atoms with van der Waals surface area (Å²) in [6.07, 6.45) is -2.99. The van der Waals surface area contributed by atoms with E-state index < -0.39 is 18.8 Å². The average Bonchev–Trinajstić information content (AvgIpc) is 2.83. The molecule has 2 aliphatic heterocycles. The lowest BCUT2D eigenvalue weighted by Crippen LogP contribution is -2.42. The third-order valence-electron chi connectivity index (χ3n) is 6.53. The van der Waals surface area contributed by atoms with Crippen LogP contribution in [-0.2, 0) is 13.0 Å². The molecule has 35 heavy (non-hydrogen) atoms. The number of likely N-dealkylation sites (tertiary alicyclic amines) is 1. The number of rotatable bonds is 8. The number of hydrogen-bond donors (Lipinski definition) is 2. The van der Waals surface area contributed by atoms with Gasteiger partial charge in [0, 0.05) is 44.8 Å². The second-order valence-electron chi connectivity index (χ2n) is 9.35. The number of nitrogens with one attached hydrogen (secondary N) is 1. The number of alkyl halides is 3. The van der Waals surface area contributed by atoms with Gasteiger partial charge in [0.05, 0.1) is 12.6 Å². The van der Waals surface area contributed by atoms with Gasteiger partial charge in [-0.3, -0.25) is 14.6 Å². The fourth-order valence-corrected chi connectivity index (χ4v) is 4.70. The number of benzene rings is 2. The van der Waals surface area contributed by atoms with Gasteiger partial charge in [0.15, 0.2) is 0 Å². The predicted molar refractivity (Wildman–Crippen MR) is 126 cm³/mol. The largest absolute Gasteiger partial charge is 0.490 e. The highest BCUT2D eigenvalue weighted by Crippen LogP contribution is 2.23. The molecule has 9 heteroatoms. The predicted octanol–water partition coefficient (Wildman–Crippen LogP) is 3.24. The summed E-state index contributed by atoms with van der Waals surface area (Å²) in [5.74, 6) is 0.307. The summed E-state index contributed by atoms with van der Waals surface area (Å²) in [6, 6.07) is 15.0. The van der Waals surface area contributed by atoms with Crippen molar-refractivity contribution in [1.29, 1.82) is 0 Å². The van der Waals surface area contributed by atoms with Crippen LogP contribution in [0.5, 0.6) is 5.75 Å². The summed E-state index contributed by atoms with van der Waals surface area (Å²) < 4.78 is 43.4. The molecular weight excluding hydrogens is 459 g/mol. The minimum Gasteiger partial charge on any atom is -0.490 e. The SMILES string of the molecule is O=C(NCC(O)CN1CCc2ccccc2C1)c1ccc(OC2CCN(CC(F)(F)F)CC2)cc1. The molecule has 0 spiro atoms. The first-order valence-electron chi connectivity index (χ1n) is 12.1. The lowest BCUT2D eigenvalue weighted by atomic mass is 10.00. The summed E-state index contributed by atoms with van der Waals surface area (Å²) in [5, 5.41) is 13.2. The van der Waals surface area contributed by atoms with Crippen LogP contribution in [0.4, 0.5) is 13.2 Å². The maximum atomic E-state index is 12.5. The van der Waals surface area contributed by atoms with Crippen LogP contribution in [-0.4, -0.2) is 78.5 Å². The molecule has 2 heterocycles. The normalized spacial score (nSPS) is 18.6. The van der Waals surface area contributed by atoms with Crippen molar-refractivity contribution in [1.82, 2.24) is 15.1 Å². The van der Waals surface area contributed by atoms with Crippen LogP contribution in [0.2, 0.25) is 0 Å². The third kappa shape index (κ3) is 7.68. The Labute approximate surface area is 203 Å². The molecule has 2 aliphatic rings. The second kappa shape index (κ2) is 11.4. The van der Waals surface area contributed by atoms with Crippen LogP contribution in [0, 0.1) is 0 Å². The summed E-state index contributed by atoms with van der Waals surface area (Å²) in [6.45, 7) is 2.13. The van der Waals surface area contributed by atoms with E-state index in [0.29, 0.717) is 43.8 Å². The summed E-state index contributed by atoms with van der Waals surface area (Å²) in [5.41, 5.74) is 3.09. The van der Waals surface area contributed by atoms with E-state index in [1.54, 1.807) is 24.3 Å². The number of hydrogen-bond acceptors (Lipinski definition) is 5. The summed E-state index contributed by atoms with van der Waals surface area (Å²) in [4.78, 5) is 16.1. The molecule has 2 N–H and O–H groups in total. The number of carbonyl (C=O) groups is 1. The lowest BCUT2D eigenvalue weighted by Gasteiger charge is -2.32. The number of β-amino-alcohol motifs (C(OH)–C–C–N with tert-alkyl or cyclic N) is 1. The van der Waals surface area contributed by atoms with Gasteiger partial charge in [-0.15, -0.1) is 0 Å². The van der Waals surface area contributed by atoms with E-state index in [4.69, 9.17) is 4.74 Å². The lowest BCUT2D eigenvalue weighted by molar-refractivity contribution is -0.149. The average molecular weight is 492 g/mol. The Morgan fingerprint density at radius 3 is 2.40 bits per heavy atom. The molecule has 190 valence electrons. The van der Waals surface area contributed by atoms with E-state index in [2.05, 4.69) is 22.3 Å². The van der Waals surface area contributed by atoms with Crippen LogP contribution in [0.3, 0.4) is 0 Å². The molecule has 1 saturated heterocycles. The van der Waals surface area contributed by atoms with E-state index in [-0.39, 0.29) is 18.6 Å². The molecular formula is C26H32F3N3O3. The van der Waals surface area contributed by atoms with Crippen LogP contribution in [0.1, 0.15) is 34.3 Å². The van der Waals surface area contributed by atoms with Crippen molar-refractivity contribution in [3.8, 4) is 5.75 Å². The number of halogens is 3. The minimum absolute atomic E-state index is 0.143. The molecule has 2 aromatic rings. The number of piperidine rings is 1. The zero-order chi connectivity index (χ0) is 24.8. The van der Waals surface area contributed by atoms with Gasteiger partial charge in [0.2, 0.25) is 0 Å². The molecule has 0 saturated carbocycles. The van der Waals surface area contributed by atoms with Crippen molar-refractivity contribution >= 4 is 5.91 Å². The fourth-order valence-electron chi connectivity index (χ4n) is 4.70. The first-order chi connectivity index (χ1) is 16.7. The van der Waals surface area contributed by atoms with E-state index in [1.165, 1.54) is 16.0 Å². The molecule has 1 fully saturated rings. The van der Waals surface area contributed by atoms with Crippen molar-refractivity contribution < 1.29 is 27.8 Å². The van der Waals surface area contributed by atoms with Gasteiger partial charge in [0.1, 0.15) is 11.9 Å². The van der Waals surface area contributed by atoms with Gasteiger partial charge in [0.25, 0.3) is 5.91 Å². The highest BCUT2D eigenvalue weighted by atomic mass is 19.4. The van der Waals surface area contributed by atoms with E-state index in [0.717, 1.165) is 19.5 Å². The Morgan fingerprint density at radius 2 is 1.71 bits per heavy atom. The van der Waals surface area contributed by atoms with E-state index in [1.807, 2.05) is 12.1 Å². The van der Waals surface area contributed by atoms with E-state index in [9.17, 15) is 23.1 Å². The fraction of sp³-hybridized carbons (Fsp3) is 0.500. The van der Waals surface area contributed by atoms with Crippen molar-refractivity contribution in [2.24, 2.45) is 0 Å². The summed E-state index contributed by atoms with van der Waals surface area (Å²) >= 11 is 0. The smallest absolute Gasteiger partial charge is 0.401 e. The molecule has 0 bridgehead atoms. The monoisotopic (exact) mass is 491 g/mol. The molecule has 6 nitrogen and oxygen atoms in total. The minimum atomic E-state index is -4.18. The molecule has 0 radical (unpaired) electrons. The Balaban J connectivity index is 1.17. The second-order valence-corrected chi connectivity index (χ2v) is 9.35. The Hall–Kier alpha value is -2.62. The Bertz CT molecular complexity index is 976. The van der Waals surface area contributed by atoms with Crippen LogP contribution >= 0.6 is 0 Å². The van der Waals surface area contributed by atoms with Crippen LogP contribution in [0.15, 0.2) is 48.5 Å². The topological polar surface area (TPSA) is 65.0 Å². The van der Waals surface area contributed by atoms with Crippen molar-refractivity contribution in [2.45, 2.75) is 44.2 Å². The molecule has 0 aliphatic carbocycles. The first-order valence-corrected chi connectivity index (χ1v) is 12.1. The number of ether oxygens (including phenoxy) is 1. The van der Waals surface area contributed by atoms with Crippen LogP contribution < -0.4 is 10.1 Å². The number of amides is 1. The van der Waals surface area contributed by atoms with Crippen molar-refractivity contribution in [3.63, 3.8) is 0 Å². The number of aliphatic hydroxyl groups excluding tert-OH is 1. The zero-order valence-electron chi connectivity index (χ0n) is 19.6. The van der Waals surface area contributed by atoms with E-state index >= 15 is 0 Å². The zero-order valence-corrected chi connectivity index (χ0v) is 19.6. The number of aliphatic hydroxyl groups is 1. The standard InChI is InChI=1S/C26H32F3N3O3/c27-26(28,29)18-31-13-10-24(11-14-31)35-23-7-5-20(6-8-23)25(34)30-15-22(33)17-32-12-9-19-3-1-2-4-21(19)16-32/h1-8,22,24,33H,9-18H2,(H,30,34). The first kappa shape index (κ1) is 25.5. The molecule has 1 amide bonds. The Kier molecular flexibility index (Phi) is 8.30. The quantitative estimate of drug-likeness (QED) is 0.594. The molecule has 0 aromatic heterocycles. The van der Waals surface area contributed by atoms with Gasteiger partial charge in [-0.25, -0.2) is 0 Å². The maximum Gasteiger partial charge on any atom is 0.401 e. The number of carbonyl (C=O) groups excluding carboxylic acids is 1. The third-order valence-corrected chi connectivity index (χ3v) is 6.53. The maximum absolute atomic E-state index is 12.5.